The zero-order valence-corrected chi connectivity index (χ0v) is 19.0. The summed E-state index contributed by atoms with van der Waals surface area (Å²) in [7, 11) is 0. The van der Waals surface area contributed by atoms with Gasteiger partial charge in [0.25, 0.3) is 5.89 Å². The molecule has 0 bridgehead atoms. The predicted octanol–water partition coefficient (Wildman–Crippen LogP) is 5.01. The Hall–Kier alpha value is -4.26. The highest BCUT2D eigenvalue weighted by molar-refractivity contribution is 6.04. The SMILES string of the molecule is Cc1ccc(N2C[C@H](C(=O)Nc3ccccc3-c3nc(-c4cccc(C)c4)no3)CC2=O)cc1. The molecule has 5 rings (SSSR count). The topological polar surface area (TPSA) is 88.3 Å². The second-order valence-electron chi connectivity index (χ2n) is 8.57. The summed E-state index contributed by atoms with van der Waals surface area (Å²) in [5.74, 6) is 0.0735. The Morgan fingerprint density at radius 3 is 2.59 bits per heavy atom. The van der Waals surface area contributed by atoms with E-state index in [1.54, 1.807) is 11.0 Å². The van der Waals surface area contributed by atoms with Gasteiger partial charge in [-0.1, -0.05) is 58.7 Å². The first-order chi connectivity index (χ1) is 16.5. The van der Waals surface area contributed by atoms with Crippen molar-refractivity contribution in [1.29, 1.82) is 0 Å². The molecule has 2 heterocycles. The molecule has 1 aliphatic heterocycles. The second-order valence-corrected chi connectivity index (χ2v) is 8.57. The first-order valence-electron chi connectivity index (χ1n) is 11.2. The third kappa shape index (κ3) is 4.32. The Bertz CT molecular complexity index is 1360. The lowest BCUT2D eigenvalue weighted by Gasteiger charge is -2.17. The van der Waals surface area contributed by atoms with Crippen LogP contribution in [0.4, 0.5) is 11.4 Å². The van der Waals surface area contributed by atoms with Crippen molar-refractivity contribution in [1.82, 2.24) is 10.1 Å². The van der Waals surface area contributed by atoms with Crippen molar-refractivity contribution in [2.24, 2.45) is 5.92 Å². The molecule has 34 heavy (non-hydrogen) atoms. The molecule has 4 aromatic rings. The largest absolute Gasteiger partial charge is 0.334 e. The number of aromatic nitrogens is 2. The van der Waals surface area contributed by atoms with Crippen molar-refractivity contribution in [3.8, 4) is 22.8 Å². The van der Waals surface area contributed by atoms with Crippen LogP contribution < -0.4 is 10.2 Å². The molecule has 7 heteroatoms. The van der Waals surface area contributed by atoms with Crippen LogP contribution in [0, 0.1) is 19.8 Å². The Labute approximate surface area is 197 Å². The van der Waals surface area contributed by atoms with Crippen LogP contribution >= 0.6 is 0 Å². The van der Waals surface area contributed by atoms with Gasteiger partial charge >= 0.3 is 0 Å². The van der Waals surface area contributed by atoms with E-state index in [2.05, 4.69) is 15.5 Å². The van der Waals surface area contributed by atoms with Crippen molar-refractivity contribution in [3.05, 3.63) is 83.9 Å². The van der Waals surface area contributed by atoms with Gasteiger partial charge in [0.05, 0.1) is 17.2 Å². The number of anilines is 2. The van der Waals surface area contributed by atoms with E-state index in [4.69, 9.17) is 4.52 Å². The maximum Gasteiger partial charge on any atom is 0.260 e. The van der Waals surface area contributed by atoms with E-state index in [0.717, 1.165) is 22.4 Å². The lowest BCUT2D eigenvalue weighted by Crippen LogP contribution is -2.28. The van der Waals surface area contributed by atoms with E-state index in [-0.39, 0.29) is 18.2 Å². The summed E-state index contributed by atoms with van der Waals surface area (Å²) >= 11 is 0. The third-order valence-electron chi connectivity index (χ3n) is 5.96. The minimum atomic E-state index is -0.451. The van der Waals surface area contributed by atoms with E-state index in [1.807, 2.05) is 80.6 Å². The standard InChI is InChI=1S/C27H24N4O3/c1-17-10-12-21(13-11-17)31-16-20(15-24(31)32)26(33)28-23-9-4-3-8-22(23)27-29-25(30-34-27)19-7-5-6-18(2)14-19/h3-14,20H,15-16H2,1-2H3,(H,28,33)/t20-/m1/s1. The van der Waals surface area contributed by atoms with Crippen LogP contribution in [-0.4, -0.2) is 28.5 Å². The van der Waals surface area contributed by atoms with Crippen molar-refractivity contribution in [2.45, 2.75) is 20.3 Å². The van der Waals surface area contributed by atoms with Crippen LogP contribution in [0.5, 0.6) is 0 Å². The fraction of sp³-hybridized carbons (Fsp3) is 0.185. The summed E-state index contributed by atoms with van der Waals surface area (Å²) in [6, 6.07) is 22.9. The number of carbonyl (C=O) groups is 2. The predicted molar refractivity (Wildman–Crippen MR) is 130 cm³/mol. The van der Waals surface area contributed by atoms with E-state index in [1.165, 1.54) is 0 Å². The molecule has 0 saturated carbocycles. The molecule has 1 fully saturated rings. The Balaban J connectivity index is 1.34. The molecular weight excluding hydrogens is 428 g/mol. The number of nitrogens with one attached hydrogen (secondary N) is 1. The quantitative estimate of drug-likeness (QED) is 0.460. The number of aryl methyl sites for hydroxylation is 2. The number of benzene rings is 3. The summed E-state index contributed by atoms with van der Waals surface area (Å²) in [5, 5.41) is 7.08. The molecular formula is C27H24N4O3. The van der Waals surface area contributed by atoms with Gasteiger partial charge < -0.3 is 14.7 Å². The third-order valence-corrected chi connectivity index (χ3v) is 5.96. The zero-order chi connectivity index (χ0) is 23.7. The number of hydrogen-bond acceptors (Lipinski definition) is 5. The molecule has 1 atom stereocenters. The maximum atomic E-state index is 13.1. The molecule has 7 nitrogen and oxygen atoms in total. The number of para-hydroxylation sites is 1. The number of nitrogens with zero attached hydrogens (tertiary/aromatic N) is 3. The van der Waals surface area contributed by atoms with Gasteiger partial charge in [0.2, 0.25) is 17.6 Å². The van der Waals surface area contributed by atoms with Gasteiger partial charge in [0.1, 0.15) is 0 Å². The zero-order valence-electron chi connectivity index (χ0n) is 19.0. The van der Waals surface area contributed by atoms with Crippen molar-refractivity contribution < 1.29 is 14.1 Å². The van der Waals surface area contributed by atoms with Gasteiger partial charge in [-0.15, -0.1) is 0 Å². The normalized spacial score (nSPS) is 15.5. The average Bonchev–Trinajstić information content (AvgIpc) is 3.47. The van der Waals surface area contributed by atoms with Gasteiger partial charge in [-0.05, 0) is 44.2 Å². The molecule has 1 saturated heterocycles. The number of hydrogen-bond donors (Lipinski definition) is 1. The van der Waals surface area contributed by atoms with E-state index < -0.39 is 5.92 Å². The molecule has 170 valence electrons. The summed E-state index contributed by atoms with van der Waals surface area (Å²) in [5.41, 5.74) is 5.07. The Kier molecular flexibility index (Phi) is 5.67. The highest BCUT2D eigenvalue weighted by atomic mass is 16.5. The molecule has 0 spiro atoms. The summed E-state index contributed by atoms with van der Waals surface area (Å²) in [6.07, 6.45) is 0.167. The molecule has 0 unspecified atom stereocenters. The highest BCUT2D eigenvalue weighted by Gasteiger charge is 2.35. The van der Waals surface area contributed by atoms with Crippen molar-refractivity contribution >= 4 is 23.2 Å². The molecule has 3 aromatic carbocycles. The molecule has 0 aliphatic carbocycles. The summed E-state index contributed by atoms with van der Waals surface area (Å²) in [6.45, 7) is 4.34. The molecule has 1 N–H and O–H groups in total. The van der Waals surface area contributed by atoms with Crippen LogP contribution in [-0.2, 0) is 9.59 Å². The molecule has 1 aliphatic rings. The van der Waals surface area contributed by atoms with E-state index in [0.29, 0.717) is 29.5 Å². The van der Waals surface area contributed by atoms with Crippen LogP contribution in [0.25, 0.3) is 22.8 Å². The highest BCUT2D eigenvalue weighted by Crippen LogP contribution is 2.31. The van der Waals surface area contributed by atoms with Crippen molar-refractivity contribution in [3.63, 3.8) is 0 Å². The van der Waals surface area contributed by atoms with Crippen LogP contribution in [0.3, 0.4) is 0 Å². The van der Waals surface area contributed by atoms with Gasteiger partial charge in [0.15, 0.2) is 0 Å². The summed E-state index contributed by atoms with van der Waals surface area (Å²) < 4.78 is 5.52. The van der Waals surface area contributed by atoms with Gasteiger partial charge in [-0.25, -0.2) is 0 Å². The first-order valence-corrected chi connectivity index (χ1v) is 11.2. The Morgan fingerprint density at radius 2 is 1.79 bits per heavy atom. The summed E-state index contributed by atoms with van der Waals surface area (Å²) in [4.78, 5) is 31.9. The fourth-order valence-corrected chi connectivity index (χ4v) is 4.11. The van der Waals surface area contributed by atoms with E-state index in [9.17, 15) is 9.59 Å². The van der Waals surface area contributed by atoms with Gasteiger partial charge in [-0.2, -0.15) is 4.98 Å². The fourth-order valence-electron chi connectivity index (χ4n) is 4.11. The monoisotopic (exact) mass is 452 g/mol. The molecule has 2 amide bonds. The molecule has 0 radical (unpaired) electrons. The minimum Gasteiger partial charge on any atom is -0.334 e. The lowest BCUT2D eigenvalue weighted by atomic mass is 10.1. The number of carbonyl (C=O) groups excluding carboxylic acids is 2. The van der Waals surface area contributed by atoms with Crippen LogP contribution in [0.2, 0.25) is 0 Å². The van der Waals surface area contributed by atoms with E-state index >= 15 is 0 Å². The number of amides is 2. The van der Waals surface area contributed by atoms with Gasteiger partial charge in [0, 0.05) is 24.2 Å². The first kappa shape index (κ1) is 21.6. The number of rotatable bonds is 5. The average molecular weight is 453 g/mol. The van der Waals surface area contributed by atoms with Crippen LogP contribution in [0.15, 0.2) is 77.3 Å². The van der Waals surface area contributed by atoms with Crippen LogP contribution in [0.1, 0.15) is 17.5 Å². The Morgan fingerprint density at radius 1 is 1.00 bits per heavy atom. The smallest absolute Gasteiger partial charge is 0.260 e. The maximum absolute atomic E-state index is 13.1. The second kappa shape index (κ2) is 8.94. The lowest BCUT2D eigenvalue weighted by molar-refractivity contribution is -0.122. The minimum absolute atomic E-state index is 0.0583. The molecule has 1 aromatic heterocycles. The van der Waals surface area contributed by atoms with Gasteiger partial charge in [-0.3, -0.25) is 9.59 Å². The van der Waals surface area contributed by atoms with Crippen molar-refractivity contribution in [2.75, 3.05) is 16.8 Å².